The Morgan fingerprint density at radius 3 is 2.53 bits per heavy atom. The van der Waals surface area contributed by atoms with Crippen molar-refractivity contribution in [2.24, 2.45) is 0 Å². The molecule has 0 bridgehead atoms. The third-order valence-corrected chi connectivity index (χ3v) is 2.58. The highest BCUT2D eigenvalue weighted by Crippen LogP contribution is 2.14. The van der Waals surface area contributed by atoms with Gasteiger partial charge < -0.3 is 15.3 Å². The molecule has 4 heteroatoms. The maximum absolute atomic E-state index is 8.88. The SMILES string of the molecule is CNCCN(CCCO)c1ccc(C#N)cc1. The van der Waals surface area contributed by atoms with Crippen LogP contribution in [-0.2, 0) is 0 Å². The number of hydrogen-bond donors (Lipinski definition) is 2. The average Bonchev–Trinajstić information content (AvgIpc) is 2.39. The van der Waals surface area contributed by atoms with Gasteiger partial charge in [0, 0.05) is 31.9 Å². The molecule has 0 aliphatic carbocycles. The zero-order chi connectivity index (χ0) is 12.5. The number of hydrogen-bond acceptors (Lipinski definition) is 4. The lowest BCUT2D eigenvalue weighted by molar-refractivity contribution is 0.289. The Kier molecular flexibility index (Phi) is 6.08. The van der Waals surface area contributed by atoms with Gasteiger partial charge in [-0.3, -0.25) is 0 Å². The first-order chi connectivity index (χ1) is 8.31. The lowest BCUT2D eigenvalue weighted by atomic mass is 10.2. The monoisotopic (exact) mass is 233 g/mol. The summed E-state index contributed by atoms with van der Waals surface area (Å²) in [4.78, 5) is 2.20. The third kappa shape index (κ3) is 4.43. The molecule has 92 valence electrons. The molecule has 4 nitrogen and oxygen atoms in total. The summed E-state index contributed by atoms with van der Waals surface area (Å²) >= 11 is 0. The molecule has 0 atom stereocenters. The molecule has 0 aromatic heterocycles. The number of nitrogens with zero attached hydrogens (tertiary/aromatic N) is 2. The highest BCUT2D eigenvalue weighted by atomic mass is 16.3. The molecule has 0 amide bonds. The zero-order valence-corrected chi connectivity index (χ0v) is 10.2. The molecule has 1 rings (SSSR count). The Morgan fingerprint density at radius 1 is 1.29 bits per heavy atom. The number of nitriles is 1. The molecular weight excluding hydrogens is 214 g/mol. The van der Waals surface area contributed by atoms with Gasteiger partial charge in [-0.2, -0.15) is 5.26 Å². The van der Waals surface area contributed by atoms with E-state index in [-0.39, 0.29) is 6.61 Å². The van der Waals surface area contributed by atoms with Gasteiger partial charge in [0.15, 0.2) is 0 Å². The van der Waals surface area contributed by atoms with Crippen LogP contribution in [0, 0.1) is 11.3 Å². The second-order valence-corrected chi connectivity index (χ2v) is 3.83. The van der Waals surface area contributed by atoms with Gasteiger partial charge in [0.2, 0.25) is 0 Å². The molecule has 0 unspecified atom stereocenters. The normalized spacial score (nSPS) is 9.94. The van der Waals surface area contributed by atoms with E-state index < -0.39 is 0 Å². The minimum Gasteiger partial charge on any atom is -0.396 e. The van der Waals surface area contributed by atoms with Crippen molar-refractivity contribution in [1.82, 2.24) is 5.32 Å². The van der Waals surface area contributed by atoms with Crippen molar-refractivity contribution < 1.29 is 5.11 Å². The van der Waals surface area contributed by atoms with Crippen LogP contribution in [0.3, 0.4) is 0 Å². The summed E-state index contributed by atoms with van der Waals surface area (Å²) in [6.45, 7) is 2.81. The lowest BCUT2D eigenvalue weighted by Gasteiger charge is -2.24. The second-order valence-electron chi connectivity index (χ2n) is 3.83. The van der Waals surface area contributed by atoms with Crippen molar-refractivity contribution in [2.45, 2.75) is 6.42 Å². The summed E-state index contributed by atoms with van der Waals surface area (Å²) in [6.07, 6.45) is 0.754. The Balaban J connectivity index is 2.69. The Morgan fingerprint density at radius 2 is 2.00 bits per heavy atom. The molecule has 0 saturated carbocycles. The number of anilines is 1. The first kappa shape index (κ1) is 13.5. The van der Waals surface area contributed by atoms with Crippen LogP contribution < -0.4 is 10.2 Å². The van der Waals surface area contributed by atoms with Gasteiger partial charge in [0.1, 0.15) is 0 Å². The first-order valence-electron chi connectivity index (χ1n) is 5.82. The summed E-state index contributed by atoms with van der Waals surface area (Å²) in [6, 6.07) is 9.65. The summed E-state index contributed by atoms with van der Waals surface area (Å²) in [7, 11) is 1.92. The molecule has 0 aliphatic heterocycles. The van der Waals surface area contributed by atoms with Gasteiger partial charge in [-0.05, 0) is 37.7 Å². The van der Waals surface area contributed by atoms with Crippen LogP contribution in [0.2, 0.25) is 0 Å². The Hall–Kier alpha value is -1.57. The van der Waals surface area contributed by atoms with E-state index in [1.807, 2.05) is 31.3 Å². The van der Waals surface area contributed by atoms with Crippen LogP contribution in [0.15, 0.2) is 24.3 Å². The molecule has 0 aliphatic rings. The van der Waals surface area contributed by atoms with Crippen LogP contribution in [0.5, 0.6) is 0 Å². The lowest BCUT2D eigenvalue weighted by Crippen LogP contribution is -2.32. The molecule has 0 heterocycles. The maximum Gasteiger partial charge on any atom is 0.0991 e. The van der Waals surface area contributed by atoms with E-state index in [1.165, 1.54) is 0 Å². The van der Waals surface area contributed by atoms with E-state index in [4.69, 9.17) is 10.4 Å². The summed E-state index contributed by atoms with van der Waals surface area (Å²) < 4.78 is 0. The van der Waals surface area contributed by atoms with Gasteiger partial charge in [-0.25, -0.2) is 0 Å². The topological polar surface area (TPSA) is 59.3 Å². The number of rotatable bonds is 7. The first-order valence-corrected chi connectivity index (χ1v) is 5.82. The van der Waals surface area contributed by atoms with Gasteiger partial charge >= 0.3 is 0 Å². The molecule has 0 fully saturated rings. The Labute approximate surface area is 102 Å². The quantitative estimate of drug-likeness (QED) is 0.736. The fourth-order valence-electron chi connectivity index (χ4n) is 1.63. The second kappa shape index (κ2) is 7.66. The van der Waals surface area contributed by atoms with Gasteiger partial charge in [0.05, 0.1) is 11.6 Å². The van der Waals surface area contributed by atoms with E-state index in [9.17, 15) is 0 Å². The molecule has 1 aromatic carbocycles. The molecule has 2 N–H and O–H groups in total. The van der Waals surface area contributed by atoms with E-state index in [2.05, 4.69) is 16.3 Å². The third-order valence-electron chi connectivity index (χ3n) is 2.58. The molecular formula is C13H19N3O. The summed E-state index contributed by atoms with van der Waals surface area (Å²) in [5.74, 6) is 0. The van der Waals surface area contributed by atoms with E-state index in [0.29, 0.717) is 5.56 Å². The smallest absolute Gasteiger partial charge is 0.0991 e. The number of likely N-dealkylation sites (N-methyl/N-ethyl adjacent to an activating group) is 1. The fraction of sp³-hybridized carbons (Fsp3) is 0.462. The molecule has 1 aromatic rings. The van der Waals surface area contributed by atoms with Crippen molar-refractivity contribution in [2.75, 3.05) is 38.2 Å². The van der Waals surface area contributed by atoms with Crippen LogP contribution in [0.25, 0.3) is 0 Å². The number of benzene rings is 1. The van der Waals surface area contributed by atoms with E-state index >= 15 is 0 Å². The zero-order valence-electron chi connectivity index (χ0n) is 10.2. The van der Waals surface area contributed by atoms with Gasteiger partial charge in [-0.1, -0.05) is 0 Å². The van der Waals surface area contributed by atoms with Gasteiger partial charge in [-0.15, -0.1) is 0 Å². The largest absolute Gasteiger partial charge is 0.396 e. The average molecular weight is 233 g/mol. The fourth-order valence-corrected chi connectivity index (χ4v) is 1.63. The highest BCUT2D eigenvalue weighted by molar-refractivity contribution is 5.49. The van der Waals surface area contributed by atoms with Crippen LogP contribution >= 0.6 is 0 Å². The minimum atomic E-state index is 0.201. The highest BCUT2D eigenvalue weighted by Gasteiger charge is 2.05. The molecule has 0 saturated heterocycles. The summed E-state index contributed by atoms with van der Waals surface area (Å²) in [5.41, 5.74) is 1.76. The standard InChI is InChI=1S/C13H19N3O/c1-15-7-9-16(8-2-10-17)13-5-3-12(11-14)4-6-13/h3-6,15,17H,2,7-10H2,1H3. The Bertz CT molecular complexity index is 348. The van der Waals surface area contributed by atoms with Crippen molar-refractivity contribution in [3.8, 4) is 6.07 Å². The van der Waals surface area contributed by atoms with Crippen LogP contribution in [-0.4, -0.2) is 38.4 Å². The molecule has 0 spiro atoms. The predicted octanol–water partition coefficient (Wildman–Crippen LogP) is 0.966. The van der Waals surface area contributed by atoms with Crippen molar-refractivity contribution >= 4 is 5.69 Å². The van der Waals surface area contributed by atoms with Crippen LogP contribution in [0.4, 0.5) is 5.69 Å². The van der Waals surface area contributed by atoms with Gasteiger partial charge in [0.25, 0.3) is 0 Å². The number of nitrogens with one attached hydrogen (secondary N) is 1. The van der Waals surface area contributed by atoms with Crippen LogP contribution in [0.1, 0.15) is 12.0 Å². The van der Waals surface area contributed by atoms with E-state index in [1.54, 1.807) is 0 Å². The van der Waals surface area contributed by atoms with E-state index in [0.717, 1.165) is 31.7 Å². The minimum absolute atomic E-state index is 0.201. The van der Waals surface area contributed by atoms with Crippen molar-refractivity contribution in [3.05, 3.63) is 29.8 Å². The predicted molar refractivity (Wildman–Crippen MR) is 69.0 cm³/mol. The molecule has 17 heavy (non-hydrogen) atoms. The summed E-state index contributed by atoms with van der Waals surface area (Å²) in [5, 5.41) is 20.7. The van der Waals surface area contributed by atoms with Crippen molar-refractivity contribution in [1.29, 1.82) is 5.26 Å². The number of aliphatic hydroxyl groups excluding tert-OH is 1. The number of aliphatic hydroxyl groups is 1. The van der Waals surface area contributed by atoms with Crippen molar-refractivity contribution in [3.63, 3.8) is 0 Å². The maximum atomic E-state index is 8.88. The molecule has 0 radical (unpaired) electrons.